The number of hydrogen-bond acceptors (Lipinski definition) is 3. The molecule has 2 aromatic rings. The van der Waals surface area contributed by atoms with Crippen LogP contribution in [-0.2, 0) is 9.59 Å². The van der Waals surface area contributed by atoms with Crippen molar-refractivity contribution in [3.05, 3.63) is 47.7 Å². The average Bonchev–Trinajstić information content (AvgIpc) is 3.13. The third kappa shape index (κ3) is 3.26. The van der Waals surface area contributed by atoms with Gasteiger partial charge in [0, 0.05) is 24.7 Å². The largest absolute Gasteiger partial charge is 0.335 e. The van der Waals surface area contributed by atoms with Crippen LogP contribution in [0.2, 0.25) is 0 Å². The molecule has 2 unspecified atom stereocenters. The van der Waals surface area contributed by atoms with Crippen molar-refractivity contribution in [2.24, 2.45) is 5.92 Å². The van der Waals surface area contributed by atoms with Gasteiger partial charge in [-0.05, 0) is 19.4 Å². The van der Waals surface area contributed by atoms with E-state index in [0.717, 1.165) is 11.3 Å². The Morgan fingerprint density at radius 1 is 1.39 bits per heavy atom. The molecule has 0 bridgehead atoms. The Balaban J connectivity index is 1.66. The molecule has 0 aliphatic carbocycles. The highest BCUT2D eigenvalue weighted by molar-refractivity contribution is 5.96. The van der Waals surface area contributed by atoms with Gasteiger partial charge in [-0.15, -0.1) is 0 Å². The molecule has 3 rings (SSSR count). The van der Waals surface area contributed by atoms with Gasteiger partial charge in [0.15, 0.2) is 5.82 Å². The summed E-state index contributed by atoms with van der Waals surface area (Å²) in [5.74, 6) is 0.00694. The second-order valence-electron chi connectivity index (χ2n) is 5.96. The molecule has 6 nitrogen and oxygen atoms in total. The molecule has 1 fully saturated rings. The van der Waals surface area contributed by atoms with E-state index in [0.29, 0.717) is 12.4 Å². The number of carbonyl (C=O) groups excluding carboxylic acids is 2. The maximum absolute atomic E-state index is 12.3. The molecule has 2 N–H and O–H groups in total. The Bertz CT molecular complexity index is 710. The number of H-pyrrole nitrogens is 1. The second kappa shape index (κ2) is 6.24. The predicted octanol–water partition coefficient (Wildman–Crippen LogP) is 2.27. The highest BCUT2D eigenvalue weighted by Crippen LogP contribution is 2.28. The van der Waals surface area contributed by atoms with Crippen LogP contribution in [0.25, 0.3) is 0 Å². The quantitative estimate of drug-likeness (QED) is 0.909. The summed E-state index contributed by atoms with van der Waals surface area (Å²) >= 11 is 0. The van der Waals surface area contributed by atoms with Crippen LogP contribution in [0.5, 0.6) is 0 Å². The molecule has 2 atom stereocenters. The number of anilines is 1. The molecule has 2 heterocycles. The van der Waals surface area contributed by atoms with Gasteiger partial charge in [-0.1, -0.05) is 30.3 Å². The number of rotatable bonds is 4. The lowest BCUT2D eigenvalue weighted by atomic mass is 10.1. The molecule has 23 heavy (non-hydrogen) atoms. The summed E-state index contributed by atoms with van der Waals surface area (Å²) < 4.78 is 0. The van der Waals surface area contributed by atoms with Crippen LogP contribution in [0.3, 0.4) is 0 Å². The minimum Gasteiger partial charge on any atom is -0.335 e. The third-order valence-corrected chi connectivity index (χ3v) is 4.24. The van der Waals surface area contributed by atoms with E-state index in [1.54, 1.807) is 11.0 Å². The van der Waals surface area contributed by atoms with Crippen LogP contribution in [0.1, 0.15) is 30.6 Å². The fourth-order valence-corrected chi connectivity index (χ4v) is 2.90. The van der Waals surface area contributed by atoms with Gasteiger partial charge in [-0.25, -0.2) is 0 Å². The molecular weight excluding hydrogens is 292 g/mol. The van der Waals surface area contributed by atoms with Gasteiger partial charge in [0.2, 0.25) is 11.8 Å². The van der Waals surface area contributed by atoms with Crippen molar-refractivity contribution in [2.75, 3.05) is 11.9 Å². The molecule has 1 saturated heterocycles. The van der Waals surface area contributed by atoms with Crippen LogP contribution in [0, 0.1) is 12.8 Å². The summed E-state index contributed by atoms with van der Waals surface area (Å²) in [4.78, 5) is 26.4. The van der Waals surface area contributed by atoms with E-state index in [2.05, 4.69) is 15.5 Å². The second-order valence-corrected chi connectivity index (χ2v) is 5.96. The number of carbonyl (C=O) groups is 2. The summed E-state index contributed by atoms with van der Waals surface area (Å²) in [6, 6.07) is 11.6. The molecular formula is C17H20N4O2. The van der Waals surface area contributed by atoms with E-state index in [4.69, 9.17) is 0 Å². The number of benzene rings is 1. The lowest BCUT2D eigenvalue weighted by Gasteiger charge is -2.25. The first-order valence-electron chi connectivity index (χ1n) is 7.72. The van der Waals surface area contributed by atoms with Gasteiger partial charge < -0.3 is 10.2 Å². The van der Waals surface area contributed by atoms with Crippen molar-refractivity contribution in [3.8, 4) is 0 Å². The first kappa shape index (κ1) is 15.3. The van der Waals surface area contributed by atoms with Crippen LogP contribution in [0.15, 0.2) is 36.4 Å². The Morgan fingerprint density at radius 3 is 2.78 bits per heavy atom. The Hall–Kier alpha value is -2.63. The van der Waals surface area contributed by atoms with Gasteiger partial charge in [0.05, 0.1) is 12.0 Å². The summed E-state index contributed by atoms with van der Waals surface area (Å²) in [7, 11) is 0. The highest BCUT2D eigenvalue weighted by Gasteiger charge is 2.37. The minimum atomic E-state index is -0.342. The van der Waals surface area contributed by atoms with Crippen LogP contribution >= 0.6 is 0 Å². The molecule has 1 aromatic carbocycles. The highest BCUT2D eigenvalue weighted by atomic mass is 16.2. The van der Waals surface area contributed by atoms with Gasteiger partial charge in [0.25, 0.3) is 0 Å². The third-order valence-electron chi connectivity index (χ3n) is 4.24. The normalized spacial score (nSPS) is 19.0. The number of aryl methyl sites for hydroxylation is 1. The Kier molecular flexibility index (Phi) is 4.14. The van der Waals surface area contributed by atoms with E-state index in [9.17, 15) is 9.59 Å². The molecule has 1 aliphatic heterocycles. The first-order valence-corrected chi connectivity index (χ1v) is 7.72. The zero-order valence-corrected chi connectivity index (χ0v) is 13.2. The number of likely N-dealkylation sites (tertiary alicyclic amines) is 1. The predicted molar refractivity (Wildman–Crippen MR) is 86.6 cm³/mol. The minimum absolute atomic E-state index is 0.0136. The van der Waals surface area contributed by atoms with E-state index in [1.807, 2.05) is 44.2 Å². The van der Waals surface area contributed by atoms with E-state index in [-0.39, 0.29) is 30.2 Å². The number of amides is 2. The van der Waals surface area contributed by atoms with Gasteiger partial charge >= 0.3 is 0 Å². The first-order chi connectivity index (χ1) is 11.0. The van der Waals surface area contributed by atoms with Crippen LogP contribution in [0.4, 0.5) is 5.82 Å². The number of nitrogens with zero attached hydrogens (tertiary/aromatic N) is 2. The molecule has 0 radical (unpaired) electrons. The zero-order chi connectivity index (χ0) is 16.4. The molecule has 1 aliphatic rings. The van der Waals surface area contributed by atoms with Crippen molar-refractivity contribution >= 4 is 17.6 Å². The van der Waals surface area contributed by atoms with Crippen molar-refractivity contribution in [1.29, 1.82) is 0 Å². The summed E-state index contributed by atoms with van der Waals surface area (Å²) in [5, 5.41) is 9.54. The van der Waals surface area contributed by atoms with E-state index < -0.39 is 0 Å². The zero-order valence-electron chi connectivity index (χ0n) is 13.2. The fraction of sp³-hybridized carbons (Fsp3) is 0.353. The van der Waals surface area contributed by atoms with Crippen molar-refractivity contribution in [2.45, 2.75) is 26.3 Å². The summed E-state index contributed by atoms with van der Waals surface area (Å²) in [5.41, 5.74) is 1.95. The molecule has 0 spiro atoms. The average molecular weight is 312 g/mol. The van der Waals surface area contributed by atoms with Gasteiger partial charge in [-0.2, -0.15) is 5.10 Å². The van der Waals surface area contributed by atoms with Crippen molar-refractivity contribution in [1.82, 2.24) is 15.1 Å². The lowest BCUT2D eigenvalue weighted by molar-refractivity contribution is -0.129. The van der Waals surface area contributed by atoms with Crippen LogP contribution < -0.4 is 5.32 Å². The van der Waals surface area contributed by atoms with E-state index >= 15 is 0 Å². The number of nitrogens with one attached hydrogen (secondary N) is 2. The smallest absolute Gasteiger partial charge is 0.230 e. The maximum Gasteiger partial charge on any atom is 0.230 e. The van der Waals surface area contributed by atoms with Gasteiger partial charge in [0.1, 0.15) is 0 Å². The monoisotopic (exact) mass is 312 g/mol. The summed E-state index contributed by atoms with van der Waals surface area (Å²) in [6.45, 7) is 4.29. The Labute approximate surface area is 134 Å². The molecule has 6 heteroatoms. The van der Waals surface area contributed by atoms with Gasteiger partial charge in [-0.3, -0.25) is 14.7 Å². The van der Waals surface area contributed by atoms with Crippen molar-refractivity contribution in [3.63, 3.8) is 0 Å². The number of aromatic nitrogens is 2. The Morgan fingerprint density at radius 2 is 2.13 bits per heavy atom. The molecule has 120 valence electrons. The maximum atomic E-state index is 12.3. The standard InChI is InChI=1S/C17H20N4O2/c1-11-8-15(20-19-11)18-17(23)14-9-16(22)21(10-14)12(2)13-6-4-3-5-7-13/h3-8,12,14H,9-10H2,1-2H3,(H2,18,19,20,23). The van der Waals surface area contributed by atoms with E-state index in [1.165, 1.54) is 0 Å². The number of hydrogen-bond donors (Lipinski definition) is 2. The number of aromatic amines is 1. The fourth-order valence-electron chi connectivity index (χ4n) is 2.90. The van der Waals surface area contributed by atoms with Crippen LogP contribution in [-0.4, -0.2) is 33.5 Å². The topological polar surface area (TPSA) is 78.1 Å². The molecule has 1 aromatic heterocycles. The molecule has 0 saturated carbocycles. The SMILES string of the molecule is Cc1cc(NC(=O)C2CC(=O)N(C(C)c3ccccc3)C2)n[nH]1. The van der Waals surface area contributed by atoms with Crippen molar-refractivity contribution < 1.29 is 9.59 Å². The summed E-state index contributed by atoms with van der Waals surface area (Å²) in [6.07, 6.45) is 0.242. The lowest BCUT2D eigenvalue weighted by Crippen LogP contribution is -2.30. The molecule has 2 amide bonds.